The molecule has 1 saturated carbocycles. The van der Waals surface area contributed by atoms with Crippen LogP contribution in [0.3, 0.4) is 0 Å². The summed E-state index contributed by atoms with van der Waals surface area (Å²) in [6.07, 6.45) is 12.3. The third kappa shape index (κ3) is 7.45. The molecule has 1 aromatic carbocycles. The average molecular weight is 397 g/mol. The minimum absolute atomic E-state index is 0.135. The van der Waals surface area contributed by atoms with Gasteiger partial charge in [-0.2, -0.15) is 0 Å². The van der Waals surface area contributed by atoms with Crippen LogP contribution in [-0.2, 0) is 6.42 Å². The van der Waals surface area contributed by atoms with E-state index in [-0.39, 0.29) is 6.10 Å². The Bertz CT molecular complexity index is 656. The van der Waals surface area contributed by atoms with Gasteiger partial charge < -0.3 is 5.11 Å². The molecule has 162 valence electrons. The smallest absolute Gasteiger partial charge is 0.0574 e. The fourth-order valence-electron chi connectivity index (χ4n) is 4.89. The lowest BCUT2D eigenvalue weighted by atomic mass is 9.83. The average Bonchev–Trinajstić information content (AvgIpc) is 2.94. The maximum absolute atomic E-state index is 10.7. The molecule has 2 rings (SSSR count). The molecule has 0 aromatic heterocycles. The number of hydrogen-bond acceptors (Lipinski definition) is 1. The van der Waals surface area contributed by atoms with Crippen LogP contribution in [0.15, 0.2) is 48.6 Å². The normalized spacial score (nSPS) is 25.8. The highest BCUT2D eigenvalue weighted by molar-refractivity contribution is 5.26. The minimum Gasteiger partial charge on any atom is -0.393 e. The van der Waals surface area contributed by atoms with E-state index in [1.54, 1.807) is 0 Å². The molecular formula is C28H44O. The first-order valence-electron chi connectivity index (χ1n) is 11.9. The summed E-state index contributed by atoms with van der Waals surface area (Å²) in [6.45, 7) is 15.3. The van der Waals surface area contributed by atoms with Crippen LogP contribution >= 0.6 is 0 Å². The number of hydrogen-bond donors (Lipinski definition) is 1. The first-order valence-corrected chi connectivity index (χ1v) is 11.9. The quantitative estimate of drug-likeness (QED) is 0.300. The molecule has 1 aliphatic rings. The van der Waals surface area contributed by atoms with E-state index in [1.165, 1.54) is 23.1 Å². The largest absolute Gasteiger partial charge is 0.393 e. The van der Waals surface area contributed by atoms with Crippen LogP contribution in [0.5, 0.6) is 0 Å². The fraction of sp³-hybridized carbons (Fsp3) is 0.643. The molecule has 1 aliphatic carbocycles. The predicted molar refractivity (Wildman–Crippen MR) is 127 cm³/mol. The van der Waals surface area contributed by atoms with Crippen molar-refractivity contribution in [1.29, 1.82) is 0 Å². The standard InChI is InChI=1S/C28H44O/c1-20(2)12-9-7-8-10-15-26-22(5)18-28(29)27(26)17-16-24-13-11-14-25(19-24)23(6)21(3)4/h8,10-11,13-14,19,21-23,26-29H,1,7,9,12,15-18H2,2-6H3/b10-8-/t22?,23?,26-,27?,28+/m0/s1. The Morgan fingerprint density at radius 2 is 1.97 bits per heavy atom. The molecular weight excluding hydrogens is 352 g/mol. The van der Waals surface area contributed by atoms with Gasteiger partial charge in [-0.05, 0) is 92.6 Å². The number of benzene rings is 1. The molecule has 0 aliphatic heterocycles. The minimum atomic E-state index is -0.135. The lowest BCUT2D eigenvalue weighted by Crippen LogP contribution is -2.20. The third-order valence-corrected chi connectivity index (χ3v) is 7.18. The zero-order valence-corrected chi connectivity index (χ0v) is 19.5. The summed E-state index contributed by atoms with van der Waals surface area (Å²) in [5.41, 5.74) is 4.15. The molecule has 5 atom stereocenters. The summed E-state index contributed by atoms with van der Waals surface area (Å²) in [5.74, 6) is 2.91. The Morgan fingerprint density at radius 3 is 2.66 bits per heavy atom. The number of unbranched alkanes of at least 4 members (excludes halogenated alkanes) is 1. The van der Waals surface area contributed by atoms with Gasteiger partial charge in [0.1, 0.15) is 0 Å². The zero-order chi connectivity index (χ0) is 21.4. The van der Waals surface area contributed by atoms with Crippen molar-refractivity contribution in [2.45, 2.75) is 91.6 Å². The molecule has 29 heavy (non-hydrogen) atoms. The zero-order valence-electron chi connectivity index (χ0n) is 19.5. The molecule has 1 nitrogen and oxygen atoms in total. The van der Waals surface area contributed by atoms with E-state index < -0.39 is 0 Å². The van der Waals surface area contributed by atoms with Crippen LogP contribution in [0.1, 0.15) is 90.2 Å². The van der Waals surface area contributed by atoms with Gasteiger partial charge in [0.05, 0.1) is 6.10 Å². The highest BCUT2D eigenvalue weighted by Crippen LogP contribution is 2.42. The van der Waals surface area contributed by atoms with E-state index in [4.69, 9.17) is 0 Å². The van der Waals surface area contributed by atoms with Gasteiger partial charge in [-0.25, -0.2) is 0 Å². The Balaban J connectivity index is 1.91. The van der Waals surface area contributed by atoms with Crippen LogP contribution in [0.4, 0.5) is 0 Å². The van der Waals surface area contributed by atoms with Crippen molar-refractivity contribution < 1.29 is 5.11 Å². The van der Waals surface area contributed by atoms with Gasteiger partial charge in [0.25, 0.3) is 0 Å². The van der Waals surface area contributed by atoms with Crippen molar-refractivity contribution in [3.05, 3.63) is 59.7 Å². The maximum atomic E-state index is 10.7. The molecule has 1 N–H and O–H groups in total. The van der Waals surface area contributed by atoms with Crippen LogP contribution in [0, 0.1) is 23.7 Å². The van der Waals surface area contributed by atoms with Gasteiger partial charge in [0.15, 0.2) is 0 Å². The molecule has 1 aromatic rings. The molecule has 0 heterocycles. The van der Waals surface area contributed by atoms with E-state index in [0.717, 1.165) is 38.5 Å². The molecule has 1 fully saturated rings. The van der Waals surface area contributed by atoms with Gasteiger partial charge >= 0.3 is 0 Å². The second-order valence-electron chi connectivity index (χ2n) is 9.98. The van der Waals surface area contributed by atoms with Crippen molar-refractivity contribution in [3.63, 3.8) is 0 Å². The van der Waals surface area contributed by atoms with Crippen molar-refractivity contribution >= 4 is 0 Å². The van der Waals surface area contributed by atoms with E-state index in [1.807, 2.05) is 0 Å². The Labute approximate surface area is 180 Å². The first kappa shape index (κ1) is 23.9. The van der Waals surface area contributed by atoms with Gasteiger partial charge in [-0.3, -0.25) is 0 Å². The molecule has 0 bridgehead atoms. The third-order valence-electron chi connectivity index (χ3n) is 7.18. The second kappa shape index (κ2) is 11.7. The van der Waals surface area contributed by atoms with Crippen LogP contribution in [-0.4, -0.2) is 11.2 Å². The number of aliphatic hydroxyl groups excluding tert-OH is 1. The molecule has 1 heteroatoms. The highest BCUT2D eigenvalue weighted by atomic mass is 16.3. The van der Waals surface area contributed by atoms with Crippen LogP contribution in [0.2, 0.25) is 0 Å². The summed E-state index contributed by atoms with van der Waals surface area (Å²) in [5, 5.41) is 10.7. The summed E-state index contributed by atoms with van der Waals surface area (Å²) in [6, 6.07) is 9.13. The molecule has 0 saturated heterocycles. The second-order valence-corrected chi connectivity index (χ2v) is 9.98. The monoisotopic (exact) mass is 396 g/mol. The van der Waals surface area contributed by atoms with Gasteiger partial charge in [-0.1, -0.05) is 69.7 Å². The Kier molecular flexibility index (Phi) is 9.69. The number of rotatable bonds is 11. The van der Waals surface area contributed by atoms with Crippen molar-refractivity contribution in [1.82, 2.24) is 0 Å². The SMILES string of the molecule is C=C(C)CCC/C=C\C[C@H]1C(C)C[C@@H](O)C1CCc1cccc(C(C)C(C)C)c1. The Morgan fingerprint density at radius 1 is 1.21 bits per heavy atom. The van der Waals surface area contributed by atoms with E-state index in [2.05, 4.69) is 77.6 Å². The van der Waals surface area contributed by atoms with Crippen molar-refractivity contribution in [2.75, 3.05) is 0 Å². The van der Waals surface area contributed by atoms with E-state index in [0.29, 0.717) is 29.6 Å². The van der Waals surface area contributed by atoms with Crippen LogP contribution < -0.4 is 0 Å². The Hall–Kier alpha value is -1.34. The van der Waals surface area contributed by atoms with E-state index in [9.17, 15) is 5.11 Å². The van der Waals surface area contributed by atoms with Gasteiger partial charge in [-0.15, -0.1) is 6.58 Å². The fourth-order valence-corrected chi connectivity index (χ4v) is 4.89. The number of aryl methyl sites for hydroxylation is 1. The molecule has 0 spiro atoms. The predicted octanol–water partition coefficient (Wildman–Crippen LogP) is 7.70. The summed E-state index contributed by atoms with van der Waals surface area (Å²) in [7, 11) is 0. The number of aliphatic hydroxyl groups is 1. The lowest BCUT2D eigenvalue weighted by molar-refractivity contribution is 0.112. The van der Waals surface area contributed by atoms with Crippen LogP contribution in [0.25, 0.3) is 0 Å². The maximum Gasteiger partial charge on any atom is 0.0574 e. The molecule has 3 unspecified atom stereocenters. The molecule has 0 radical (unpaired) electrons. The van der Waals surface area contributed by atoms with Gasteiger partial charge in [0.2, 0.25) is 0 Å². The van der Waals surface area contributed by atoms with E-state index >= 15 is 0 Å². The lowest BCUT2D eigenvalue weighted by Gasteiger charge is -2.23. The van der Waals surface area contributed by atoms with Gasteiger partial charge in [0, 0.05) is 0 Å². The van der Waals surface area contributed by atoms with Crippen molar-refractivity contribution in [2.24, 2.45) is 23.7 Å². The number of allylic oxidation sites excluding steroid dienone is 3. The summed E-state index contributed by atoms with van der Waals surface area (Å²) in [4.78, 5) is 0. The highest BCUT2D eigenvalue weighted by Gasteiger charge is 2.38. The summed E-state index contributed by atoms with van der Waals surface area (Å²) < 4.78 is 0. The molecule has 0 amide bonds. The topological polar surface area (TPSA) is 20.2 Å². The van der Waals surface area contributed by atoms with Crippen molar-refractivity contribution in [3.8, 4) is 0 Å². The first-order chi connectivity index (χ1) is 13.8. The summed E-state index contributed by atoms with van der Waals surface area (Å²) >= 11 is 0.